The van der Waals surface area contributed by atoms with Gasteiger partial charge in [-0.1, -0.05) is 24.3 Å². The fraction of sp³-hybridized carbons (Fsp3) is 0.100. The van der Waals surface area contributed by atoms with E-state index in [1.54, 1.807) is 6.07 Å². The Morgan fingerprint density at radius 1 is 1.11 bits per heavy atom. The molecule has 0 atom stereocenters. The number of methoxy groups -OCH3 is 1. The van der Waals surface area contributed by atoms with Gasteiger partial charge in [-0.25, -0.2) is 4.98 Å². The number of para-hydroxylation sites is 1. The molecule has 138 valence electrons. The summed E-state index contributed by atoms with van der Waals surface area (Å²) in [5, 5.41) is 3.65. The zero-order valence-corrected chi connectivity index (χ0v) is 14.4. The number of pyridine rings is 1. The third-order valence-corrected chi connectivity index (χ3v) is 3.68. The second-order valence-electron chi connectivity index (χ2n) is 5.50. The van der Waals surface area contributed by atoms with Crippen LogP contribution in [0.15, 0.2) is 60.7 Å². The Balaban J connectivity index is 1.70. The average Bonchev–Trinajstić information content (AvgIpc) is 2.66. The molecule has 0 saturated carbocycles. The number of carbonyl (C=O) groups excluding carboxylic acids is 1. The van der Waals surface area contributed by atoms with E-state index < -0.39 is 6.61 Å². The summed E-state index contributed by atoms with van der Waals surface area (Å²) in [5.41, 5.74) is 1.37. The number of ether oxygens (including phenoxy) is 2. The first-order chi connectivity index (χ1) is 13.0. The smallest absolute Gasteiger partial charge is 0.387 e. The summed E-state index contributed by atoms with van der Waals surface area (Å²) in [5.74, 6) is 0.134. The molecule has 1 heterocycles. The minimum atomic E-state index is -2.94. The number of alkyl halides is 2. The van der Waals surface area contributed by atoms with E-state index in [1.807, 2.05) is 30.3 Å². The van der Waals surface area contributed by atoms with Gasteiger partial charge < -0.3 is 14.8 Å². The van der Waals surface area contributed by atoms with Crippen molar-refractivity contribution in [2.75, 3.05) is 12.4 Å². The van der Waals surface area contributed by atoms with Gasteiger partial charge in [0, 0.05) is 11.5 Å². The van der Waals surface area contributed by atoms with Crippen LogP contribution < -0.4 is 14.8 Å². The fourth-order valence-electron chi connectivity index (χ4n) is 2.46. The molecule has 0 bridgehead atoms. The van der Waals surface area contributed by atoms with Crippen LogP contribution >= 0.6 is 0 Å². The van der Waals surface area contributed by atoms with Gasteiger partial charge in [-0.3, -0.25) is 4.79 Å². The molecule has 27 heavy (non-hydrogen) atoms. The van der Waals surface area contributed by atoms with E-state index in [2.05, 4.69) is 15.0 Å². The summed E-state index contributed by atoms with van der Waals surface area (Å²) < 4.78 is 34.1. The Morgan fingerprint density at radius 2 is 1.93 bits per heavy atom. The number of hydrogen-bond donors (Lipinski definition) is 1. The van der Waals surface area contributed by atoms with Gasteiger partial charge in [-0.2, -0.15) is 8.78 Å². The van der Waals surface area contributed by atoms with E-state index >= 15 is 0 Å². The summed E-state index contributed by atoms with van der Waals surface area (Å²) in [7, 11) is 1.35. The molecule has 0 fully saturated rings. The summed E-state index contributed by atoms with van der Waals surface area (Å²) in [6, 6.07) is 15.6. The zero-order chi connectivity index (χ0) is 19.2. The van der Waals surface area contributed by atoms with Crippen molar-refractivity contribution >= 4 is 28.7 Å². The number of rotatable bonds is 6. The van der Waals surface area contributed by atoms with Gasteiger partial charge >= 0.3 is 6.61 Å². The molecule has 3 rings (SSSR count). The molecule has 3 aromatic rings. The molecule has 1 N–H and O–H groups in total. The minimum Gasteiger partial charge on any atom is -0.493 e. The van der Waals surface area contributed by atoms with Crippen molar-refractivity contribution in [2.45, 2.75) is 6.61 Å². The third-order valence-electron chi connectivity index (χ3n) is 3.68. The quantitative estimate of drug-likeness (QED) is 0.649. The first kappa shape index (κ1) is 18.3. The van der Waals surface area contributed by atoms with Gasteiger partial charge in [0.25, 0.3) is 0 Å². The topological polar surface area (TPSA) is 60.5 Å². The van der Waals surface area contributed by atoms with Gasteiger partial charge in [-0.05, 0) is 42.0 Å². The molecule has 0 saturated heterocycles. The van der Waals surface area contributed by atoms with E-state index in [9.17, 15) is 13.6 Å². The highest BCUT2D eigenvalue weighted by Crippen LogP contribution is 2.29. The molecule has 0 aliphatic heterocycles. The van der Waals surface area contributed by atoms with Crippen molar-refractivity contribution in [3.8, 4) is 11.5 Å². The monoisotopic (exact) mass is 370 g/mol. The van der Waals surface area contributed by atoms with Gasteiger partial charge in [0.2, 0.25) is 5.91 Å². The second-order valence-corrected chi connectivity index (χ2v) is 5.50. The van der Waals surface area contributed by atoms with Gasteiger partial charge in [0.15, 0.2) is 11.5 Å². The first-order valence-electron chi connectivity index (χ1n) is 8.03. The predicted octanol–water partition coefficient (Wildman–Crippen LogP) is 4.50. The Hall–Kier alpha value is -3.48. The number of fused-ring (bicyclic) bond motifs is 1. The number of carbonyl (C=O) groups is 1. The second kappa shape index (κ2) is 8.27. The molecular weight excluding hydrogens is 354 g/mol. The number of benzene rings is 2. The number of aromatic nitrogens is 1. The van der Waals surface area contributed by atoms with Crippen LogP contribution in [-0.2, 0) is 4.79 Å². The standard InChI is InChI=1S/C20H16F2N2O3/c1-26-17-12-13(6-9-16(17)27-20(21)22)7-11-19(25)24-18-10-8-14-4-2-3-5-15(14)23-18/h2-12,20H,1H3,(H,23,24,25)/b11-7+. The molecule has 1 aromatic heterocycles. The number of halogens is 2. The molecule has 0 radical (unpaired) electrons. The molecule has 0 aliphatic carbocycles. The van der Waals surface area contributed by atoms with Crippen LogP contribution in [0.2, 0.25) is 0 Å². The number of anilines is 1. The van der Waals surface area contributed by atoms with Crippen molar-refractivity contribution < 1.29 is 23.0 Å². The van der Waals surface area contributed by atoms with Gasteiger partial charge in [-0.15, -0.1) is 0 Å². The van der Waals surface area contributed by atoms with Crippen LogP contribution in [0.3, 0.4) is 0 Å². The lowest BCUT2D eigenvalue weighted by Crippen LogP contribution is -2.09. The summed E-state index contributed by atoms with van der Waals surface area (Å²) in [4.78, 5) is 16.5. The van der Waals surface area contributed by atoms with E-state index in [-0.39, 0.29) is 17.4 Å². The van der Waals surface area contributed by atoms with Gasteiger partial charge in [0.1, 0.15) is 5.82 Å². The van der Waals surface area contributed by atoms with Crippen molar-refractivity contribution in [3.63, 3.8) is 0 Å². The van der Waals surface area contributed by atoms with Crippen LogP contribution in [0.4, 0.5) is 14.6 Å². The van der Waals surface area contributed by atoms with Crippen molar-refractivity contribution in [2.24, 2.45) is 0 Å². The molecule has 0 aliphatic rings. The molecule has 0 spiro atoms. The lowest BCUT2D eigenvalue weighted by molar-refractivity contribution is -0.111. The van der Waals surface area contributed by atoms with E-state index in [0.29, 0.717) is 11.4 Å². The van der Waals surface area contributed by atoms with Crippen molar-refractivity contribution in [3.05, 3.63) is 66.2 Å². The summed E-state index contributed by atoms with van der Waals surface area (Å²) in [6.07, 6.45) is 2.85. The molecule has 5 nitrogen and oxygen atoms in total. The van der Waals surface area contributed by atoms with Crippen LogP contribution in [0, 0.1) is 0 Å². The molecule has 7 heteroatoms. The molecular formula is C20H16F2N2O3. The highest BCUT2D eigenvalue weighted by Gasteiger charge is 2.10. The van der Waals surface area contributed by atoms with Crippen LogP contribution in [0.25, 0.3) is 17.0 Å². The highest BCUT2D eigenvalue weighted by molar-refractivity contribution is 6.01. The normalized spacial score (nSPS) is 11.1. The SMILES string of the molecule is COc1cc(/C=C/C(=O)Nc2ccc3ccccc3n2)ccc1OC(F)F. The largest absolute Gasteiger partial charge is 0.493 e. The number of nitrogens with one attached hydrogen (secondary N) is 1. The zero-order valence-electron chi connectivity index (χ0n) is 14.4. The molecule has 1 amide bonds. The maximum Gasteiger partial charge on any atom is 0.387 e. The van der Waals surface area contributed by atoms with E-state index in [1.165, 1.54) is 37.5 Å². The predicted molar refractivity (Wildman–Crippen MR) is 99.0 cm³/mol. The Bertz CT molecular complexity index is 990. The number of hydrogen-bond acceptors (Lipinski definition) is 4. The molecule has 0 unspecified atom stereocenters. The third kappa shape index (κ3) is 4.78. The van der Waals surface area contributed by atoms with Crippen LogP contribution in [0.1, 0.15) is 5.56 Å². The maximum absolute atomic E-state index is 12.3. The molecule has 2 aromatic carbocycles. The van der Waals surface area contributed by atoms with E-state index in [0.717, 1.165) is 10.9 Å². The lowest BCUT2D eigenvalue weighted by Gasteiger charge is -2.10. The Morgan fingerprint density at radius 3 is 2.70 bits per heavy atom. The number of nitrogens with zero attached hydrogens (tertiary/aromatic N) is 1. The highest BCUT2D eigenvalue weighted by atomic mass is 19.3. The Labute approximate surface area is 154 Å². The fourth-order valence-corrected chi connectivity index (χ4v) is 2.46. The maximum atomic E-state index is 12.3. The Kier molecular flexibility index (Phi) is 5.61. The first-order valence-corrected chi connectivity index (χ1v) is 8.03. The van der Waals surface area contributed by atoms with E-state index in [4.69, 9.17) is 4.74 Å². The summed E-state index contributed by atoms with van der Waals surface area (Å²) in [6.45, 7) is -2.94. The lowest BCUT2D eigenvalue weighted by atomic mass is 10.2. The van der Waals surface area contributed by atoms with Gasteiger partial charge in [0.05, 0.1) is 12.6 Å². The average molecular weight is 370 g/mol. The number of amides is 1. The minimum absolute atomic E-state index is 0.0746. The van der Waals surface area contributed by atoms with Crippen molar-refractivity contribution in [1.82, 2.24) is 4.98 Å². The van der Waals surface area contributed by atoms with Crippen LogP contribution in [-0.4, -0.2) is 24.6 Å². The van der Waals surface area contributed by atoms with Crippen molar-refractivity contribution in [1.29, 1.82) is 0 Å². The summed E-state index contributed by atoms with van der Waals surface area (Å²) >= 11 is 0. The van der Waals surface area contributed by atoms with Crippen LogP contribution in [0.5, 0.6) is 11.5 Å².